The first-order valence-corrected chi connectivity index (χ1v) is 9.37. The van der Waals surface area contributed by atoms with E-state index in [0.717, 1.165) is 15.6 Å². The van der Waals surface area contributed by atoms with Gasteiger partial charge in [0.2, 0.25) is 0 Å². The summed E-state index contributed by atoms with van der Waals surface area (Å²) in [6.45, 7) is 0. The van der Waals surface area contributed by atoms with Crippen LogP contribution in [0.1, 0.15) is 10.4 Å². The Morgan fingerprint density at radius 2 is 1.61 bits per heavy atom. The van der Waals surface area contributed by atoms with Gasteiger partial charge < -0.3 is 0 Å². The Kier molecular flexibility index (Phi) is 5.38. The van der Waals surface area contributed by atoms with Crippen LogP contribution in [0.3, 0.4) is 0 Å². The number of carbonyl (C=O) groups excluding carboxylic acids is 1. The third-order valence-electron chi connectivity index (χ3n) is 3.12. The fourth-order valence-electron chi connectivity index (χ4n) is 1.92. The predicted molar refractivity (Wildman–Crippen MR) is 99.1 cm³/mol. The average Bonchev–Trinajstić information content (AvgIpc) is 3.03. The normalized spacial score (nSPS) is 10.7. The lowest BCUT2D eigenvalue weighted by Crippen LogP contribution is -2.01. The SMILES string of the molecule is O=C(CSc1nc(-c2ccc(Cl)cc2)cs1)c1ccc(Cl)cc1. The van der Waals surface area contributed by atoms with E-state index in [1.54, 1.807) is 24.3 Å². The van der Waals surface area contributed by atoms with Gasteiger partial charge in [0.25, 0.3) is 0 Å². The van der Waals surface area contributed by atoms with E-state index in [2.05, 4.69) is 4.98 Å². The van der Waals surface area contributed by atoms with Crippen molar-refractivity contribution in [1.82, 2.24) is 4.98 Å². The summed E-state index contributed by atoms with van der Waals surface area (Å²) in [5.74, 6) is 0.421. The standard InChI is InChI=1S/C17H11Cl2NOS2/c18-13-5-1-11(2-6-13)15-9-22-17(20-15)23-10-16(21)12-3-7-14(19)8-4-12/h1-9H,10H2. The maximum absolute atomic E-state index is 12.1. The van der Waals surface area contributed by atoms with E-state index < -0.39 is 0 Å². The van der Waals surface area contributed by atoms with Gasteiger partial charge in [-0.05, 0) is 36.4 Å². The summed E-state index contributed by atoms with van der Waals surface area (Å²) in [5, 5.41) is 3.31. The number of benzene rings is 2. The first-order valence-electron chi connectivity index (χ1n) is 6.75. The molecule has 0 saturated carbocycles. The van der Waals surface area contributed by atoms with Gasteiger partial charge in [0.05, 0.1) is 11.4 Å². The summed E-state index contributed by atoms with van der Waals surface area (Å²) < 4.78 is 0.872. The van der Waals surface area contributed by atoms with Crippen molar-refractivity contribution in [1.29, 1.82) is 0 Å². The van der Waals surface area contributed by atoms with Crippen LogP contribution in [-0.2, 0) is 0 Å². The predicted octanol–water partition coefficient (Wildman–Crippen LogP) is 6.09. The van der Waals surface area contributed by atoms with E-state index in [0.29, 0.717) is 21.4 Å². The molecule has 116 valence electrons. The highest BCUT2D eigenvalue weighted by molar-refractivity contribution is 8.01. The number of hydrogen-bond acceptors (Lipinski definition) is 4. The molecular formula is C17H11Cl2NOS2. The zero-order valence-corrected chi connectivity index (χ0v) is 15.0. The fraction of sp³-hybridized carbons (Fsp3) is 0.0588. The molecule has 0 amide bonds. The Labute approximate surface area is 152 Å². The molecule has 23 heavy (non-hydrogen) atoms. The molecule has 0 unspecified atom stereocenters. The van der Waals surface area contributed by atoms with Crippen LogP contribution >= 0.6 is 46.3 Å². The smallest absolute Gasteiger partial charge is 0.173 e. The number of hydrogen-bond donors (Lipinski definition) is 0. The molecule has 0 radical (unpaired) electrons. The van der Waals surface area contributed by atoms with E-state index in [1.807, 2.05) is 29.6 Å². The molecule has 0 spiro atoms. The molecule has 0 saturated heterocycles. The molecular weight excluding hydrogens is 369 g/mol. The summed E-state index contributed by atoms with van der Waals surface area (Å²) >= 11 is 14.7. The van der Waals surface area contributed by atoms with Gasteiger partial charge in [-0.3, -0.25) is 4.79 Å². The van der Waals surface area contributed by atoms with Crippen molar-refractivity contribution in [2.24, 2.45) is 0 Å². The largest absolute Gasteiger partial charge is 0.293 e. The molecule has 0 fully saturated rings. The molecule has 1 aromatic heterocycles. The molecule has 6 heteroatoms. The molecule has 0 aliphatic rings. The second kappa shape index (κ2) is 7.49. The van der Waals surface area contributed by atoms with Crippen LogP contribution in [0.2, 0.25) is 10.0 Å². The minimum absolute atomic E-state index is 0.0647. The molecule has 1 heterocycles. The lowest BCUT2D eigenvalue weighted by atomic mass is 10.1. The molecule has 0 aliphatic carbocycles. The van der Waals surface area contributed by atoms with Gasteiger partial charge in [-0.2, -0.15) is 0 Å². The van der Waals surface area contributed by atoms with Crippen LogP contribution in [0, 0.1) is 0 Å². The van der Waals surface area contributed by atoms with Crippen LogP contribution in [0.25, 0.3) is 11.3 Å². The Balaban J connectivity index is 1.64. The van der Waals surface area contributed by atoms with E-state index in [1.165, 1.54) is 23.1 Å². The Morgan fingerprint density at radius 1 is 1.00 bits per heavy atom. The number of Topliss-reactive ketones (excluding diaryl/α,β-unsaturated/α-hetero) is 1. The summed E-state index contributed by atoms with van der Waals surface area (Å²) in [7, 11) is 0. The average molecular weight is 380 g/mol. The number of thiazole rings is 1. The second-order valence-corrected chi connectivity index (χ2v) is 7.68. The first-order chi connectivity index (χ1) is 11.1. The molecule has 0 bridgehead atoms. The number of halogens is 2. The molecule has 0 aliphatic heterocycles. The van der Waals surface area contributed by atoms with Gasteiger partial charge in [0.15, 0.2) is 10.1 Å². The minimum atomic E-state index is 0.0647. The van der Waals surface area contributed by atoms with Crippen LogP contribution in [0.4, 0.5) is 0 Å². The summed E-state index contributed by atoms with van der Waals surface area (Å²) in [6.07, 6.45) is 0. The van der Waals surface area contributed by atoms with Crippen LogP contribution in [0.5, 0.6) is 0 Å². The van der Waals surface area contributed by atoms with Crippen LogP contribution in [-0.4, -0.2) is 16.5 Å². The van der Waals surface area contributed by atoms with E-state index in [9.17, 15) is 4.79 Å². The highest BCUT2D eigenvalue weighted by Gasteiger charge is 2.10. The molecule has 2 aromatic carbocycles. The van der Waals surface area contributed by atoms with E-state index in [4.69, 9.17) is 23.2 Å². The maximum atomic E-state index is 12.1. The topological polar surface area (TPSA) is 30.0 Å². The van der Waals surface area contributed by atoms with Crippen molar-refractivity contribution in [3.05, 3.63) is 69.5 Å². The van der Waals surface area contributed by atoms with Crippen molar-refractivity contribution >= 4 is 52.1 Å². The lowest BCUT2D eigenvalue weighted by molar-refractivity contribution is 0.102. The Bertz CT molecular complexity index is 813. The van der Waals surface area contributed by atoms with Crippen molar-refractivity contribution in [2.45, 2.75) is 4.34 Å². The molecule has 2 nitrogen and oxygen atoms in total. The van der Waals surface area contributed by atoms with Crippen molar-refractivity contribution in [2.75, 3.05) is 5.75 Å². The van der Waals surface area contributed by atoms with Gasteiger partial charge in [-0.15, -0.1) is 11.3 Å². The second-order valence-electron chi connectivity index (χ2n) is 4.72. The van der Waals surface area contributed by atoms with Gasteiger partial charge in [0.1, 0.15) is 0 Å². The fourth-order valence-corrected chi connectivity index (χ4v) is 3.90. The summed E-state index contributed by atoms with van der Waals surface area (Å²) in [4.78, 5) is 16.7. The maximum Gasteiger partial charge on any atom is 0.173 e. The third-order valence-corrected chi connectivity index (χ3v) is 5.64. The number of carbonyl (C=O) groups is 1. The van der Waals surface area contributed by atoms with Crippen LogP contribution in [0.15, 0.2) is 58.3 Å². The van der Waals surface area contributed by atoms with Gasteiger partial charge in [-0.25, -0.2) is 4.98 Å². The molecule has 3 rings (SSSR count). The number of thioether (sulfide) groups is 1. The Hall–Kier alpha value is -1.33. The number of ketones is 1. The summed E-state index contributed by atoms with van der Waals surface area (Å²) in [5.41, 5.74) is 2.58. The summed E-state index contributed by atoms with van der Waals surface area (Å²) in [6, 6.07) is 14.5. The van der Waals surface area contributed by atoms with Gasteiger partial charge >= 0.3 is 0 Å². The highest BCUT2D eigenvalue weighted by atomic mass is 35.5. The van der Waals surface area contributed by atoms with Crippen LogP contribution < -0.4 is 0 Å². The van der Waals surface area contributed by atoms with Crippen molar-refractivity contribution in [3.8, 4) is 11.3 Å². The third kappa shape index (κ3) is 4.36. The van der Waals surface area contributed by atoms with Gasteiger partial charge in [0, 0.05) is 26.6 Å². The number of rotatable bonds is 5. The highest BCUT2D eigenvalue weighted by Crippen LogP contribution is 2.29. The zero-order chi connectivity index (χ0) is 16.2. The quantitative estimate of drug-likeness (QED) is 0.396. The monoisotopic (exact) mass is 379 g/mol. The first kappa shape index (κ1) is 16.5. The number of aromatic nitrogens is 1. The Morgan fingerprint density at radius 3 is 2.26 bits per heavy atom. The minimum Gasteiger partial charge on any atom is -0.293 e. The van der Waals surface area contributed by atoms with E-state index in [-0.39, 0.29) is 5.78 Å². The molecule has 3 aromatic rings. The molecule has 0 atom stereocenters. The number of nitrogens with zero attached hydrogens (tertiary/aromatic N) is 1. The van der Waals surface area contributed by atoms with E-state index >= 15 is 0 Å². The zero-order valence-electron chi connectivity index (χ0n) is 11.8. The van der Waals surface area contributed by atoms with Gasteiger partial charge in [-0.1, -0.05) is 47.1 Å². The van der Waals surface area contributed by atoms with Crippen molar-refractivity contribution in [3.63, 3.8) is 0 Å². The van der Waals surface area contributed by atoms with Crippen molar-refractivity contribution < 1.29 is 4.79 Å². The molecule has 0 N–H and O–H groups in total. The lowest BCUT2D eigenvalue weighted by Gasteiger charge is -2.00.